The molecule has 0 aromatic carbocycles. The van der Waals surface area contributed by atoms with Gasteiger partial charge in [-0.15, -0.1) is 0 Å². The fraction of sp³-hybridized carbons (Fsp3) is 0.889. The predicted octanol–water partition coefficient (Wildman–Crippen LogP) is 10.9. The van der Waals surface area contributed by atoms with Crippen molar-refractivity contribution in [3.63, 3.8) is 0 Å². The first-order valence-corrected chi connectivity index (χ1v) is 22.0. The predicted molar refractivity (Wildman–Crippen MR) is 245 cm³/mol. The monoisotopic (exact) mass is 942 g/mol. The Hall–Kier alpha value is 1.48. The summed E-state index contributed by atoms with van der Waals surface area (Å²) < 4.78 is 2.54. The molecule has 0 amide bonds. The molecule has 0 atom stereocenters. The first-order valence-electron chi connectivity index (χ1n) is 18.7. The molecule has 0 bridgehead atoms. The van der Waals surface area contributed by atoms with Gasteiger partial charge in [0.1, 0.15) is 0 Å². The molecule has 0 spiro atoms. The molecule has 0 aliphatic rings. The number of rotatable bonds is 24. The van der Waals surface area contributed by atoms with E-state index in [0.717, 1.165) is 52.4 Å². The van der Waals surface area contributed by atoms with Crippen LogP contribution in [0.4, 0.5) is 0 Å². The molecule has 0 aromatic heterocycles. The number of thiocarbonyl (C=S) groups is 4. The normalized spacial score (nSPS) is 9.44. The summed E-state index contributed by atoms with van der Waals surface area (Å²) in [6, 6.07) is 0. The second-order valence-electron chi connectivity index (χ2n) is 11.8. The van der Waals surface area contributed by atoms with E-state index >= 15 is 0 Å². The van der Waals surface area contributed by atoms with Crippen LogP contribution < -0.4 is 0 Å². The third-order valence-corrected chi connectivity index (χ3v) is 9.35. The molecular formula is C36H72Cu2N4S8. The van der Waals surface area contributed by atoms with Crippen LogP contribution in [0.1, 0.15) is 158 Å². The van der Waals surface area contributed by atoms with Gasteiger partial charge in [0.25, 0.3) is 0 Å². The number of hydrogen-bond donors (Lipinski definition) is 0. The minimum absolute atomic E-state index is 0. The summed E-state index contributed by atoms with van der Waals surface area (Å²) in [6.07, 6.45) is 19.2. The van der Waals surface area contributed by atoms with E-state index in [2.05, 4.69) is 75.0 Å². The van der Waals surface area contributed by atoms with Crippen molar-refractivity contribution in [2.45, 2.75) is 158 Å². The molecular weight excluding hydrogens is 872 g/mol. The fourth-order valence-electron chi connectivity index (χ4n) is 3.97. The molecule has 0 N–H and O–H groups in total. The maximum atomic E-state index is 4.98. The van der Waals surface area contributed by atoms with E-state index in [1.807, 2.05) is 0 Å². The molecule has 0 rings (SSSR count). The smallest absolute Gasteiger partial charge is 0.411 e. The molecule has 50 heavy (non-hydrogen) atoms. The standard InChI is InChI=1S/4C9H19NS2.2Cu/c4*1-3-5-7-10(9(11)12)8-6-4-2;;/h4*3-8H2,1-2H3,(H,11,12);;/q;;;;2*+2/p-4. The van der Waals surface area contributed by atoms with Gasteiger partial charge in [-0.25, -0.2) is 0 Å². The summed E-state index contributed by atoms with van der Waals surface area (Å²) in [5.41, 5.74) is 0. The number of nitrogens with zero attached hydrogens (tertiary/aromatic N) is 4. The van der Waals surface area contributed by atoms with E-state index in [-0.39, 0.29) is 34.1 Å². The van der Waals surface area contributed by atoms with Crippen molar-refractivity contribution in [3.05, 3.63) is 0 Å². The van der Waals surface area contributed by atoms with Gasteiger partial charge in [-0.1, -0.05) is 124 Å². The summed E-state index contributed by atoms with van der Waals surface area (Å²) in [5, 5.41) is 0. The van der Waals surface area contributed by atoms with Crippen molar-refractivity contribution in [3.8, 4) is 0 Å². The maximum Gasteiger partial charge on any atom is 2.00 e. The third-order valence-electron chi connectivity index (χ3n) is 7.29. The molecule has 0 aliphatic carbocycles. The molecule has 14 heteroatoms. The van der Waals surface area contributed by atoms with Crippen LogP contribution in [-0.2, 0) is 84.7 Å². The molecule has 0 aliphatic heterocycles. The van der Waals surface area contributed by atoms with Crippen LogP contribution >= 0.6 is 48.9 Å². The number of hydrogen-bond acceptors (Lipinski definition) is 8. The summed E-state index contributed by atoms with van der Waals surface area (Å²) in [4.78, 5) is 8.55. The van der Waals surface area contributed by atoms with Crippen LogP contribution in [0.2, 0.25) is 0 Å². The molecule has 0 fully saturated rings. The van der Waals surface area contributed by atoms with Crippen molar-refractivity contribution < 1.29 is 34.1 Å². The molecule has 4 nitrogen and oxygen atoms in total. The molecule has 0 aromatic rings. The second kappa shape index (κ2) is 50.5. The molecule has 0 saturated heterocycles. The Kier molecular flexibility index (Phi) is 64.0. The van der Waals surface area contributed by atoms with Crippen molar-refractivity contribution in [1.82, 2.24) is 19.6 Å². The van der Waals surface area contributed by atoms with Gasteiger partial charge in [-0.3, -0.25) is 0 Å². The summed E-state index contributed by atoms with van der Waals surface area (Å²) in [5.74, 6) is 0. The third kappa shape index (κ3) is 47.5. The molecule has 0 unspecified atom stereocenters. The zero-order valence-electron chi connectivity index (χ0n) is 32.6. The Morgan fingerprint density at radius 2 is 0.400 bits per heavy atom. The van der Waals surface area contributed by atoms with Gasteiger partial charge in [-0.05, 0) is 51.4 Å². The molecule has 306 valence electrons. The maximum absolute atomic E-state index is 4.98. The second-order valence-corrected chi connectivity index (χ2v) is 16.0. The quantitative estimate of drug-likeness (QED) is 0.0520. The summed E-state index contributed by atoms with van der Waals surface area (Å²) >= 11 is 39.9. The topological polar surface area (TPSA) is 13.0 Å². The van der Waals surface area contributed by atoms with Crippen molar-refractivity contribution in [2.24, 2.45) is 0 Å². The minimum atomic E-state index is 0. The zero-order chi connectivity index (χ0) is 37.6. The molecule has 0 heterocycles. The molecule has 2 radical (unpaired) electrons. The fourth-order valence-corrected chi connectivity index (χ4v) is 5.43. The Bertz CT molecular complexity index is 603. The Balaban J connectivity index is -0.000000127. The zero-order valence-corrected chi connectivity index (χ0v) is 41.0. The SMILES string of the molecule is CCCCN(CCCC)C(=S)[S-].CCCCN(CCCC)C(=S)[S-].CCCCN(CCCC)C(=S)[S-].CCCCN(CCCC)C(=S)[S-].[Cu+2].[Cu+2]. The van der Waals surface area contributed by atoms with Crippen LogP contribution in [0.3, 0.4) is 0 Å². The molecule has 0 saturated carbocycles. The van der Waals surface area contributed by atoms with Crippen LogP contribution in [0.15, 0.2) is 0 Å². The number of unbranched alkanes of at least 4 members (excludes halogenated alkanes) is 8. The summed E-state index contributed by atoms with van der Waals surface area (Å²) in [6.45, 7) is 25.8. The van der Waals surface area contributed by atoms with Gasteiger partial charge < -0.3 is 119 Å². The van der Waals surface area contributed by atoms with Gasteiger partial charge in [0.15, 0.2) is 0 Å². The largest absolute Gasteiger partial charge is 2.00 e. The Morgan fingerprint density at radius 3 is 0.460 bits per heavy atom. The Morgan fingerprint density at radius 1 is 0.300 bits per heavy atom. The van der Waals surface area contributed by atoms with E-state index < -0.39 is 0 Å². The summed E-state index contributed by atoms with van der Waals surface area (Å²) in [7, 11) is 0. The van der Waals surface area contributed by atoms with Gasteiger partial charge >= 0.3 is 34.1 Å². The van der Waals surface area contributed by atoms with Crippen LogP contribution in [0.5, 0.6) is 0 Å². The van der Waals surface area contributed by atoms with E-state index in [1.165, 1.54) is 103 Å². The van der Waals surface area contributed by atoms with E-state index in [1.54, 1.807) is 0 Å². The van der Waals surface area contributed by atoms with Gasteiger partial charge in [0, 0.05) is 52.4 Å². The van der Waals surface area contributed by atoms with Gasteiger partial charge in [-0.2, -0.15) is 0 Å². The van der Waals surface area contributed by atoms with E-state index in [4.69, 9.17) is 99.4 Å². The van der Waals surface area contributed by atoms with Gasteiger partial charge in [0.2, 0.25) is 0 Å². The van der Waals surface area contributed by atoms with E-state index in [0.29, 0.717) is 17.3 Å². The van der Waals surface area contributed by atoms with Crippen molar-refractivity contribution in [1.29, 1.82) is 0 Å². The van der Waals surface area contributed by atoms with Crippen molar-refractivity contribution >= 4 is 117 Å². The van der Waals surface area contributed by atoms with Crippen molar-refractivity contribution in [2.75, 3.05) is 52.4 Å². The first-order chi connectivity index (χ1) is 22.9. The van der Waals surface area contributed by atoms with Crippen LogP contribution in [0, 0.1) is 0 Å². The average Bonchev–Trinajstić information content (AvgIpc) is 3.05. The minimum Gasteiger partial charge on any atom is -0.411 e. The Labute approximate surface area is 377 Å². The first kappa shape index (κ1) is 63.4. The van der Waals surface area contributed by atoms with Gasteiger partial charge in [0.05, 0.1) is 0 Å². The van der Waals surface area contributed by atoms with E-state index in [9.17, 15) is 0 Å². The van der Waals surface area contributed by atoms with Crippen LogP contribution in [-0.4, -0.2) is 89.2 Å². The average molecular weight is 945 g/mol. The van der Waals surface area contributed by atoms with Crippen LogP contribution in [0.25, 0.3) is 0 Å².